The molecule has 3 aromatic rings. The Kier molecular flexibility index (Phi) is 11.4. The smallest absolute Gasteiger partial charge is 0.122 e. The molecule has 194 valence electrons. The van der Waals surface area contributed by atoms with Crippen LogP contribution in [0.5, 0.6) is 0 Å². The van der Waals surface area contributed by atoms with Crippen molar-refractivity contribution in [2.45, 2.75) is 106 Å². The van der Waals surface area contributed by atoms with Gasteiger partial charge >= 0.3 is 0 Å². The molecule has 0 radical (unpaired) electrons. The van der Waals surface area contributed by atoms with E-state index >= 15 is 0 Å². The molecule has 0 saturated carbocycles. The lowest BCUT2D eigenvalue weighted by Crippen LogP contribution is -2.08. The van der Waals surface area contributed by atoms with Gasteiger partial charge in [0.25, 0.3) is 0 Å². The molecular weight excluding hydrogens is 584 g/mol. The molecule has 35 heavy (non-hydrogen) atoms. The molecule has 0 aliphatic heterocycles. The highest BCUT2D eigenvalue weighted by Gasteiger charge is 2.20. The van der Waals surface area contributed by atoms with Gasteiger partial charge in [-0.3, -0.25) is 0 Å². The molecule has 0 saturated heterocycles. The third kappa shape index (κ3) is 8.16. The highest BCUT2D eigenvalue weighted by Crippen LogP contribution is 2.37. The molecule has 0 bridgehead atoms. The molecule has 2 atom stereocenters. The van der Waals surface area contributed by atoms with Gasteiger partial charge in [0, 0.05) is 0 Å². The Morgan fingerprint density at radius 3 is 1.34 bits per heavy atom. The fourth-order valence-electron chi connectivity index (χ4n) is 4.72. The molecule has 3 rings (SSSR count). The summed E-state index contributed by atoms with van der Waals surface area (Å²) < 4.78 is 10.8. The summed E-state index contributed by atoms with van der Waals surface area (Å²) >= 11 is 8.76. The van der Waals surface area contributed by atoms with E-state index in [1.54, 1.807) is 0 Å². The highest BCUT2D eigenvalue weighted by molar-refractivity contribution is 9.11. The molecule has 4 nitrogen and oxygen atoms in total. The minimum atomic E-state index is 0.703. The molecular formula is C28H42Br2N4S. The van der Waals surface area contributed by atoms with Crippen LogP contribution in [-0.2, 0) is 12.8 Å². The Balaban J connectivity index is 1.82. The summed E-state index contributed by atoms with van der Waals surface area (Å²) in [6.07, 6.45) is 12.1. The predicted octanol–water partition coefficient (Wildman–Crippen LogP) is 9.95. The largest absolute Gasteiger partial charge is 0.248 e. The fourth-order valence-corrected chi connectivity index (χ4v) is 6.62. The van der Waals surface area contributed by atoms with E-state index in [1.807, 2.05) is 0 Å². The van der Waals surface area contributed by atoms with Crippen LogP contribution in [0.3, 0.4) is 0 Å². The van der Waals surface area contributed by atoms with E-state index in [0.717, 1.165) is 79.9 Å². The maximum atomic E-state index is 5.21. The fraction of sp³-hybridized carbons (Fsp3) is 0.714. The number of aryl methyl sites for hydroxylation is 2. The van der Waals surface area contributed by atoms with E-state index in [1.165, 1.54) is 50.3 Å². The van der Waals surface area contributed by atoms with E-state index in [-0.39, 0.29) is 0 Å². The molecule has 0 spiro atoms. The predicted molar refractivity (Wildman–Crippen MR) is 158 cm³/mol. The summed E-state index contributed by atoms with van der Waals surface area (Å²) in [6.45, 7) is 14.0. The van der Waals surface area contributed by atoms with Gasteiger partial charge in [-0.2, -0.15) is 8.75 Å². The number of fused-ring (bicyclic) bond motifs is 2. The molecule has 2 aromatic heterocycles. The van der Waals surface area contributed by atoms with E-state index < -0.39 is 0 Å². The third-order valence-corrected chi connectivity index (χ3v) is 9.11. The van der Waals surface area contributed by atoms with Crippen LogP contribution in [0.15, 0.2) is 8.95 Å². The van der Waals surface area contributed by atoms with Crippen molar-refractivity contribution in [2.75, 3.05) is 0 Å². The van der Waals surface area contributed by atoms with Gasteiger partial charge in [0.1, 0.15) is 22.1 Å². The summed E-state index contributed by atoms with van der Waals surface area (Å²) in [5.41, 5.74) is 5.85. The lowest BCUT2D eigenvalue weighted by Gasteiger charge is -2.17. The van der Waals surface area contributed by atoms with Crippen molar-refractivity contribution in [3.63, 3.8) is 0 Å². The van der Waals surface area contributed by atoms with Gasteiger partial charge in [-0.05, 0) is 81.2 Å². The van der Waals surface area contributed by atoms with Gasteiger partial charge in [-0.1, -0.05) is 80.1 Å². The van der Waals surface area contributed by atoms with Crippen molar-refractivity contribution in [1.82, 2.24) is 18.7 Å². The molecule has 2 heterocycles. The van der Waals surface area contributed by atoms with Gasteiger partial charge in [0.15, 0.2) is 0 Å². The van der Waals surface area contributed by atoms with Gasteiger partial charge in [-0.15, -0.1) is 0 Å². The molecule has 0 aliphatic carbocycles. The Morgan fingerprint density at radius 2 is 0.971 bits per heavy atom. The van der Waals surface area contributed by atoms with Crippen molar-refractivity contribution in [3.8, 4) is 0 Å². The first-order valence-corrected chi connectivity index (χ1v) is 15.8. The molecule has 0 aliphatic rings. The first-order chi connectivity index (χ1) is 16.7. The Labute approximate surface area is 233 Å². The summed E-state index contributed by atoms with van der Waals surface area (Å²) in [5.74, 6) is 2.98. The average molecular weight is 627 g/mol. The van der Waals surface area contributed by atoms with Crippen molar-refractivity contribution < 1.29 is 0 Å². The van der Waals surface area contributed by atoms with Gasteiger partial charge < -0.3 is 0 Å². The standard InChI is InChI=1S/C28H42Br2N4S/c1-17(2)9-7-11-19(5)13-15-21-22(16-14-20(6)12-8-10-18(3)4)32-26-24(30)28-27(33-35-34-28)23(29)25(26)31-21/h17-20H,7-16H2,1-6H3. The monoisotopic (exact) mass is 624 g/mol. The molecule has 1 aromatic carbocycles. The number of benzene rings is 1. The maximum absolute atomic E-state index is 5.21. The Bertz CT molecular complexity index is 1010. The van der Waals surface area contributed by atoms with Gasteiger partial charge in [0.2, 0.25) is 0 Å². The maximum Gasteiger partial charge on any atom is 0.122 e. The van der Waals surface area contributed by atoms with Crippen molar-refractivity contribution in [3.05, 3.63) is 20.3 Å². The van der Waals surface area contributed by atoms with Gasteiger partial charge in [0.05, 0.1) is 32.1 Å². The lowest BCUT2D eigenvalue weighted by molar-refractivity contribution is 0.429. The molecule has 0 fully saturated rings. The summed E-state index contributed by atoms with van der Waals surface area (Å²) in [6, 6.07) is 0. The summed E-state index contributed by atoms with van der Waals surface area (Å²) in [5, 5.41) is 0. The first kappa shape index (κ1) is 28.9. The Hall–Kier alpha value is -0.660. The quantitative estimate of drug-likeness (QED) is 0.179. The molecule has 7 heteroatoms. The SMILES string of the molecule is CC(C)CCCC(C)CCc1nc2c(Br)c3nsnc3c(Br)c2nc1CCC(C)CCCC(C)C. The Morgan fingerprint density at radius 1 is 0.571 bits per heavy atom. The van der Waals surface area contributed by atoms with Crippen LogP contribution in [0.25, 0.3) is 22.1 Å². The third-order valence-electron chi connectivity index (χ3n) is 7.08. The van der Waals surface area contributed by atoms with Crippen LogP contribution < -0.4 is 0 Å². The normalized spacial score (nSPS) is 14.0. The highest BCUT2D eigenvalue weighted by atomic mass is 79.9. The van der Waals surface area contributed by atoms with Crippen LogP contribution in [0.4, 0.5) is 0 Å². The molecule has 0 amide bonds. The average Bonchev–Trinajstić information content (AvgIpc) is 3.30. The topological polar surface area (TPSA) is 51.6 Å². The van der Waals surface area contributed by atoms with E-state index in [2.05, 4.69) is 82.1 Å². The zero-order chi connectivity index (χ0) is 25.5. The summed E-state index contributed by atoms with van der Waals surface area (Å²) in [7, 11) is 0. The lowest BCUT2D eigenvalue weighted by atomic mass is 9.93. The number of hydrogen-bond acceptors (Lipinski definition) is 5. The van der Waals surface area contributed by atoms with E-state index in [0.29, 0.717) is 11.8 Å². The number of nitrogens with zero attached hydrogens (tertiary/aromatic N) is 4. The van der Waals surface area contributed by atoms with Crippen LogP contribution >= 0.6 is 43.6 Å². The van der Waals surface area contributed by atoms with Crippen LogP contribution in [-0.4, -0.2) is 18.7 Å². The first-order valence-electron chi connectivity index (χ1n) is 13.5. The second kappa shape index (κ2) is 13.8. The van der Waals surface area contributed by atoms with E-state index in [4.69, 9.17) is 9.97 Å². The van der Waals surface area contributed by atoms with Crippen molar-refractivity contribution in [2.24, 2.45) is 23.7 Å². The van der Waals surface area contributed by atoms with Gasteiger partial charge in [-0.25, -0.2) is 9.97 Å². The minimum absolute atomic E-state index is 0.703. The van der Waals surface area contributed by atoms with Crippen LogP contribution in [0, 0.1) is 23.7 Å². The van der Waals surface area contributed by atoms with Crippen molar-refractivity contribution in [1.29, 1.82) is 0 Å². The second-order valence-electron chi connectivity index (χ2n) is 11.3. The van der Waals surface area contributed by atoms with Crippen LogP contribution in [0.2, 0.25) is 0 Å². The molecule has 2 unspecified atom stereocenters. The minimum Gasteiger partial charge on any atom is -0.248 e. The molecule has 0 N–H and O–H groups in total. The zero-order valence-corrected chi connectivity index (χ0v) is 26.3. The number of halogens is 2. The number of aromatic nitrogens is 4. The summed E-state index contributed by atoms with van der Waals surface area (Å²) in [4.78, 5) is 10.4. The zero-order valence-electron chi connectivity index (χ0n) is 22.3. The number of hydrogen-bond donors (Lipinski definition) is 0. The number of rotatable bonds is 14. The van der Waals surface area contributed by atoms with Crippen LogP contribution in [0.1, 0.15) is 104 Å². The second-order valence-corrected chi connectivity index (χ2v) is 13.5. The van der Waals surface area contributed by atoms with Crippen molar-refractivity contribution >= 4 is 65.7 Å². The van der Waals surface area contributed by atoms with E-state index in [9.17, 15) is 0 Å².